The fourth-order valence-corrected chi connectivity index (χ4v) is 8.39. The van der Waals surface area contributed by atoms with Crippen molar-refractivity contribution in [3.8, 4) is 0 Å². The highest BCUT2D eigenvalue weighted by molar-refractivity contribution is 5.71. The molecule has 0 aromatic carbocycles. The van der Waals surface area contributed by atoms with Crippen LogP contribution in [-0.2, 0) is 28.6 Å². The Morgan fingerprint density at radius 1 is 0.311 bits per heavy atom. The van der Waals surface area contributed by atoms with Gasteiger partial charge in [-0.3, -0.25) is 14.4 Å². The third-order valence-electron chi connectivity index (χ3n) is 12.5. The lowest BCUT2D eigenvalue weighted by atomic mass is 10.0. The number of hydrogen-bond donors (Lipinski definition) is 0. The minimum atomic E-state index is -0.760. The molecule has 0 aliphatic rings. The van der Waals surface area contributed by atoms with Gasteiger partial charge in [-0.25, -0.2) is 0 Å². The Morgan fingerprint density at radius 2 is 0.541 bits per heavy atom. The molecular formula is C55H106O6. The summed E-state index contributed by atoms with van der Waals surface area (Å²) >= 11 is 0. The Kier molecular flexibility index (Phi) is 48.1. The number of carbonyl (C=O) groups excluding carboxylic acids is 3. The first kappa shape index (κ1) is 59.4. The van der Waals surface area contributed by atoms with Gasteiger partial charge in [-0.05, 0) is 25.2 Å². The van der Waals surface area contributed by atoms with Gasteiger partial charge in [0.25, 0.3) is 0 Å². The van der Waals surface area contributed by atoms with E-state index in [1.807, 2.05) is 0 Å². The first-order valence-corrected chi connectivity index (χ1v) is 27.4. The van der Waals surface area contributed by atoms with Gasteiger partial charge in [0, 0.05) is 19.3 Å². The fourth-order valence-electron chi connectivity index (χ4n) is 8.39. The average molecular weight is 863 g/mol. The maximum Gasteiger partial charge on any atom is 0.306 e. The SMILES string of the molecule is CCCCCCCCCCCCCCC(=O)OC[C@@H](COC(=O)CCCCCCCCCCCCCCCCCCCCC(C)C)OC(=O)CCCCCCCCCCCC. The predicted octanol–water partition coefficient (Wildman–Crippen LogP) is 17.8. The van der Waals surface area contributed by atoms with Crippen LogP contribution in [0.3, 0.4) is 0 Å². The summed E-state index contributed by atoms with van der Waals surface area (Å²) in [7, 11) is 0. The fraction of sp³-hybridized carbons (Fsp3) is 0.945. The molecule has 0 aromatic rings. The first-order chi connectivity index (χ1) is 29.9. The van der Waals surface area contributed by atoms with Crippen LogP contribution in [0.2, 0.25) is 0 Å². The molecule has 0 spiro atoms. The highest BCUT2D eigenvalue weighted by Gasteiger charge is 2.19. The van der Waals surface area contributed by atoms with Crippen LogP contribution >= 0.6 is 0 Å². The van der Waals surface area contributed by atoms with Crippen LogP contribution < -0.4 is 0 Å². The van der Waals surface area contributed by atoms with E-state index in [1.54, 1.807) is 0 Å². The van der Waals surface area contributed by atoms with Gasteiger partial charge in [0.15, 0.2) is 6.10 Å². The lowest BCUT2D eigenvalue weighted by Crippen LogP contribution is -2.30. The summed E-state index contributed by atoms with van der Waals surface area (Å²) in [6.45, 7) is 9.04. The van der Waals surface area contributed by atoms with Crippen molar-refractivity contribution in [2.24, 2.45) is 5.92 Å². The highest BCUT2D eigenvalue weighted by Crippen LogP contribution is 2.17. The zero-order chi connectivity index (χ0) is 44.5. The number of hydrogen-bond acceptors (Lipinski definition) is 6. The monoisotopic (exact) mass is 863 g/mol. The van der Waals surface area contributed by atoms with E-state index in [9.17, 15) is 14.4 Å². The normalized spacial score (nSPS) is 12.0. The van der Waals surface area contributed by atoms with Gasteiger partial charge in [-0.1, -0.05) is 272 Å². The average Bonchev–Trinajstić information content (AvgIpc) is 3.24. The van der Waals surface area contributed by atoms with Gasteiger partial charge >= 0.3 is 17.9 Å². The van der Waals surface area contributed by atoms with E-state index in [2.05, 4.69) is 27.7 Å². The maximum absolute atomic E-state index is 12.7. The Hall–Kier alpha value is -1.59. The van der Waals surface area contributed by atoms with Crippen LogP contribution in [0.4, 0.5) is 0 Å². The summed E-state index contributed by atoms with van der Waals surface area (Å²) < 4.78 is 16.8. The maximum atomic E-state index is 12.7. The highest BCUT2D eigenvalue weighted by atomic mass is 16.6. The molecule has 0 N–H and O–H groups in total. The van der Waals surface area contributed by atoms with Gasteiger partial charge in [0.2, 0.25) is 0 Å². The van der Waals surface area contributed by atoms with Crippen molar-refractivity contribution in [2.45, 2.75) is 316 Å². The van der Waals surface area contributed by atoms with Crippen molar-refractivity contribution in [2.75, 3.05) is 13.2 Å². The van der Waals surface area contributed by atoms with Crippen molar-refractivity contribution in [1.29, 1.82) is 0 Å². The molecule has 6 heteroatoms. The van der Waals surface area contributed by atoms with Crippen molar-refractivity contribution in [3.63, 3.8) is 0 Å². The van der Waals surface area contributed by atoms with E-state index in [4.69, 9.17) is 14.2 Å². The second-order valence-electron chi connectivity index (χ2n) is 19.3. The first-order valence-electron chi connectivity index (χ1n) is 27.4. The Labute approximate surface area is 380 Å². The van der Waals surface area contributed by atoms with Crippen LogP contribution in [-0.4, -0.2) is 37.2 Å². The van der Waals surface area contributed by atoms with E-state index in [-0.39, 0.29) is 31.1 Å². The van der Waals surface area contributed by atoms with E-state index >= 15 is 0 Å². The zero-order valence-corrected chi connectivity index (χ0v) is 41.6. The largest absolute Gasteiger partial charge is 0.462 e. The molecule has 0 rings (SSSR count). The predicted molar refractivity (Wildman–Crippen MR) is 261 cm³/mol. The molecule has 362 valence electrons. The number of unbranched alkanes of at least 4 members (excludes halogenated alkanes) is 37. The number of carbonyl (C=O) groups is 3. The topological polar surface area (TPSA) is 78.9 Å². The van der Waals surface area contributed by atoms with E-state index < -0.39 is 6.10 Å². The summed E-state index contributed by atoms with van der Waals surface area (Å²) in [4.78, 5) is 37.9. The van der Waals surface area contributed by atoms with E-state index in [1.165, 1.54) is 205 Å². The quantitative estimate of drug-likeness (QED) is 0.0344. The third kappa shape index (κ3) is 49.3. The van der Waals surface area contributed by atoms with Gasteiger partial charge in [-0.2, -0.15) is 0 Å². The molecular weight excluding hydrogens is 757 g/mol. The lowest BCUT2D eigenvalue weighted by molar-refractivity contribution is -0.167. The molecule has 0 aliphatic carbocycles. The summed E-state index contributed by atoms with van der Waals surface area (Å²) in [5.74, 6) is 0.0167. The zero-order valence-electron chi connectivity index (χ0n) is 41.6. The van der Waals surface area contributed by atoms with Crippen molar-refractivity contribution >= 4 is 17.9 Å². The Balaban J connectivity index is 4.17. The number of esters is 3. The Morgan fingerprint density at radius 3 is 0.803 bits per heavy atom. The molecule has 1 atom stereocenters. The minimum Gasteiger partial charge on any atom is -0.462 e. The molecule has 0 saturated carbocycles. The van der Waals surface area contributed by atoms with Crippen LogP contribution in [0, 0.1) is 5.92 Å². The van der Waals surface area contributed by atoms with E-state index in [0.29, 0.717) is 19.3 Å². The summed E-state index contributed by atoms with van der Waals surface area (Å²) in [5.41, 5.74) is 0. The number of rotatable bonds is 50. The Bertz CT molecular complexity index is 918. The molecule has 0 radical (unpaired) electrons. The molecule has 0 fully saturated rings. The summed E-state index contributed by atoms with van der Waals surface area (Å²) in [6, 6.07) is 0. The van der Waals surface area contributed by atoms with Gasteiger partial charge < -0.3 is 14.2 Å². The molecule has 0 heterocycles. The van der Waals surface area contributed by atoms with Crippen LogP contribution in [0.5, 0.6) is 0 Å². The van der Waals surface area contributed by atoms with Gasteiger partial charge in [0.05, 0.1) is 0 Å². The molecule has 61 heavy (non-hydrogen) atoms. The smallest absolute Gasteiger partial charge is 0.306 e. The summed E-state index contributed by atoms with van der Waals surface area (Å²) in [5, 5.41) is 0. The minimum absolute atomic E-state index is 0.0623. The second-order valence-corrected chi connectivity index (χ2v) is 19.3. The second kappa shape index (κ2) is 49.4. The molecule has 0 aromatic heterocycles. The number of ether oxygens (including phenoxy) is 3. The lowest BCUT2D eigenvalue weighted by Gasteiger charge is -2.18. The van der Waals surface area contributed by atoms with Crippen molar-refractivity contribution < 1.29 is 28.6 Å². The van der Waals surface area contributed by atoms with Crippen molar-refractivity contribution in [3.05, 3.63) is 0 Å². The van der Waals surface area contributed by atoms with Gasteiger partial charge in [0.1, 0.15) is 13.2 Å². The molecule has 6 nitrogen and oxygen atoms in total. The van der Waals surface area contributed by atoms with Gasteiger partial charge in [-0.15, -0.1) is 0 Å². The third-order valence-corrected chi connectivity index (χ3v) is 12.5. The molecule has 0 saturated heterocycles. The van der Waals surface area contributed by atoms with Crippen LogP contribution in [0.1, 0.15) is 310 Å². The van der Waals surface area contributed by atoms with Crippen LogP contribution in [0.15, 0.2) is 0 Å². The standard InChI is InChI=1S/C55H106O6/c1-5-7-9-11-13-15-17-27-31-34-38-42-46-53(56)59-49-52(61-55(58)48-44-40-36-30-16-14-12-10-8-6-2)50-60-54(57)47-43-39-35-32-28-25-23-21-19-18-20-22-24-26-29-33-37-41-45-51(3)4/h51-52H,5-50H2,1-4H3/t52-/m0/s1. The molecule has 0 aliphatic heterocycles. The van der Waals surface area contributed by atoms with E-state index in [0.717, 1.165) is 63.7 Å². The molecule has 0 amide bonds. The molecule has 0 bridgehead atoms. The van der Waals surface area contributed by atoms with Crippen LogP contribution in [0.25, 0.3) is 0 Å². The summed E-state index contributed by atoms with van der Waals surface area (Å²) in [6.07, 6.45) is 52.4. The molecule has 0 unspecified atom stereocenters. The van der Waals surface area contributed by atoms with Crippen molar-refractivity contribution in [1.82, 2.24) is 0 Å².